The maximum absolute atomic E-state index is 13.3. The van der Waals surface area contributed by atoms with Crippen molar-refractivity contribution >= 4 is 12.4 Å². The number of alkyl halides is 3. The van der Waals surface area contributed by atoms with Gasteiger partial charge in [-0.25, -0.2) is 4.39 Å². The molecule has 0 amide bonds. The molecule has 3 N–H and O–H groups in total. The molecule has 0 fully saturated rings. The molecule has 2 aromatic rings. The molecule has 0 radical (unpaired) electrons. The van der Waals surface area contributed by atoms with Crippen LogP contribution in [0.15, 0.2) is 36.4 Å². The number of nitrogens with two attached hydrogens (primary N) is 1. The van der Waals surface area contributed by atoms with E-state index in [9.17, 15) is 27.1 Å². The number of rotatable bonds is 3. The summed E-state index contributed by atoms with van der Waals surface area (Å²) in [5, 5.41) is 9.55. The Labute approximate surface area is 133 Å². The molecule has 0 saturated carbocycles. The lowest BCUT2D eigenvalue weighted by molar-refractivity contribution is -0.274. The minimum atomic E-state index is -4.82. The van der Waals surface area contributed by atoms with E-state index in [0.29, 0.717) is 0 Å². The first kappa shape index (κ1) is 19.0. The molecular formula is C14H11ClF5NO2. The van der Waals surface area contributed by atoms with E-state index in [2.05, 4.69) is 4.74 Å². The molecule has 1 atom stereocenters. The monoisotopic (exact) mass is 355 g/mol. The molecule has 0 aliphatic rings. The van der Waals surface area contributed by atoms with E-state index in [4.69, 9.17) is 5.73 Å². The van der Waals surface area contributed by atoms with Crippen molar-refractivity contribution < 1.29 is 31.8 Å². The number of halogens is 6. The predicted molar refractivity (Wildman–Crippen MR) is 74.4 cm³/mol. The van der Waals surface area contributed by atoms with E-state index >= 15 is 0 Å². The van der Waals surface area contributed by atoms with E-state index in [1.165, 1.54) is 12.1 Å². The molecule has 0 aliphatic carbocycles. The van der Waals surface area contributed by atoms with Crippen molar-refractivity contribution in [1.29, 1.82) is 0 Å². The molecule has 23 heavy (non-hydrogen) atoms. The van der Waals surface area contributed by atoms with Crippen LogP contribution < -0.4 is 10.5 Å². The van der Waals surface area contributed by atoms with Gasteiger partial charge in [-0.3, -0.25) is 0 Å². The number of benzene rings is 2. The number of aromatic hydroxyl groups is 1. The van der Waals surface area contributed by atoms with Gasteiger partial charge in [0.15, 0.2) is 11.6 Å². The van der Waals surface area contributed by atoms with Crippen LogP contribution in [0.5, 0.6) is 11.5 Å². The van der Waals surface area contributed by atoms with E-state index in [-0.39, 0.29) is 23.5 Å². The Morgan fingerprint density at radius 3 is 2.09 bits per heavy atom. The van der Waals surface area contributed by atoms with Gasteiger partial charge >= 0.3 is 6.36 Å². The Balaban J connectivity index is 0.00000264. The van der Waals surface area contributed by atoms with E-state index in [0.717, 1.165) is 24.3 Å². The van der Waals surface area contributed by atoms with Crippen molar-refractivity contribution in [3.05, 3.63) is 59.2 Å². The van der Waals surface area contributed by atoms with Crippen molar-refractivity contribution in [3.63, 3.8) is 0 Å². The Hall–Kier alpha value is -2.06. The van der Waals surface area contributed by atoms with Crippen molar-refractivity contribution in [2.24, 2.45) is 5.73 Å². The molecule has 0 aliphatic heterocycles. The molecule has 3 nitrogen and oxygen atoms in total. The lowest BCUT2D eigenvalue weighted by atomic mass is 9.98. The summed E-state index contributed by atoms with van der Waals surface area (Å²) in [7, 11) is 0. The summed E-state index contributed by atoms with van der Waals surface area (Å²) in [4.78, 5) is 0. The quantitative estimate of drug-likeness (QED) is 0.817. The van der Waals surface area contributed by atoms with Gasteiger partial charge in [0, 0.05) is 5.56 Å². The number of hydrogen-bond donors (Lipinski definition) is 2. The zero-order valence-electron chi connectivity index (χ0n) is 11.3. The summed E-state index contributed by atoms with van der Waals surface area (Å²) in [5.74, 6) is -4.06. The number of hydrogen-bond acceptors (Lipinski definition) is 3. The molecule has 2 rings (SSSR count). The van der Waals surface area contributed by atoms with Gasteiger partial charge in [0.1, 0.15) is 5.75 Å². The zero-order chi connectivity index (χ0) is 16.5. The van der Waals surface area contributed by atoms with Crippen LogP contribution in [0, 0.1) is 11.6 Å². The average molecular weight is 356 g/mol. The third-order valence-corrected chi connectivity index (χ3v) is 2.91. The lowest BCUT2D eigenvalue weighted by Crippen LogP contribution is -2.17. The van der Waals surface area contributed by atoms with Crippen LogP contribution in [0.3, 0.4) is 0 Å². The van der Waals surface area contributed by atoms with Crippen molar-refractivity contribution in [3.8, 4) is 11.5 Å². The summed E-state index contributed by atoms with van der Waals surface area (Å²) in [5.41, 5.74) is 5.99. The first-order valence-electron chi connectivity index (χ1n) is 5.97. The maximum atomic E-state index is 13.3. The van der Waals surface area contributed by atoms with Gasteiger partial charge in [-0.2, -0.15) is 4.39 Å². The largest absolute Gasteiger partial charge is 0.573 e. The molecule has 9 heteroatoms. The highest BCUT2D eigenvalue weighted by Crippen LogP contribution is 2.32. The summed E-state index contributed by atoms with van der Waals surface area (Å²) < 4.78 is 66.1. The second-order valence-corrected chi connectivity index (χ2v) is 4.39. The maximum Gasteiger partial charge on any atom is 0.573 e. The van der Waals surface area contributed by atoms with Gasteiger partial charge in [0.25, 0.3) is 0 Å². The van der Waals surface area contributed by atoms with Gasteiger partial charge in [0.05, 0.1) is 6.04 Å². The fourth-order valence-corrected chi connectivity index (χ4v) is 1.86. The normalized spacial score (nSPS) is 12.4. The van der Waals surface area contributed by atoms with E-state index < -0.39 is 35.5 Å². The van der Waals surface area contributed by atoms with Crippen LogP contribution >= 0.6 is 12.4 Å². The van der Waals surface area contributed by atoms with Crippen LogP contribution in [0.4, 0.5) is 22.0 Å². The first-order valence-corrected chi connectivity index (χ1v) is 5.97. The van der Waals surface area contributed by atoms with E-state index in [1.807, 2.05) is 0 Å². The average Bonchev–Trinajstić information content (AvgIpc) is 2.43. The molecular weight excluding hydrogens is 345 g/mol. The van der Waals surface area contributed by atoms with Gasteiger partial charge < -0.3 is 15.6 Å². The Kier molecular flexibility index (Phi) is 5.79. The van der Waals surface area contributed by atoms with Crippen LogP contribution in [0.2, 0.25) is 0 Å². The van der Waals surface area contributed by atoms with Crippen molar-refractivity contribution in [1.82, 2.24) is 0 Å². The van der Waals surface area contributed by atoms with Crippen LogP contribution in [0.1, 0.15) is 17.2 Å². The van der Waals surface area contributed by atoms with Gasteiger partial charge in [-0.15, -0.1) is 25.6 Å². The van der Waals surface area contributed by atoms with Gasteiger partial charge in [0.2, 0.25) is 5.82 Å². The minimum absolute atomic E-state index is 0. The first-order chi connectivity index (χ1) is 10.2. The second-order valence-electron chi connectivity index (χ2n) is 4.39. The summed E-state index contributed by atoms with van der Waals surface area (Å²) >= 11 is 0. The predicted octanol–water partition coefficient (Wildman–Crippen LogP) is 4.04. The standard InChI is InChI=1S/C14H10F5NO2.ClH/c15-10-6-5-9(13(21)11(10)16)12(20)7-1-3-8(4-2-7)22-14(17,18)19;/h1-6,12,21H,20H2;1H/t12-;/m1./s1. The molecule has 0 spiro atoms. The molecule has 2 aromatic carbocycles. The third kappa shape index (κ3) is 4.46. The molecule has 0 heterocycles. The summed E-state index contributed by atoms with van der Waals surface area (Å²) in [6, 6.07) is 5.36. The second kappa shape index (κ2) is 7.01. The molecule has 0 unspecified atom stereocenters. The molecule has 126 valence electrons. The highest BCUT2D eigenvalue weighted by molar-refractivity contribution is 5.85. The fourth-order valence-electron chi connectivity index (χ4n) is 1.86. The summed E-state index contributed by atoms with van der Waals surface area (Å²) in [6.45, 7) is 0. The lowest BCUT2D eigenvalue weighted by Gasteiger charge is -2.15. The highest BCUT2D eigenvalue weighted by atomic mass is 35.5. The SMILES string of the molecule is Cl.N[C@H](c1ccc(OC(F)(F)F)cc1)c1ccc(F)c(F)c1O. The number of phenolic OH excluding ortho intramolecular Hbond substituents is 1. The smallest absolute Gasteiger partial charge is 0.505 e. The molecule has 0 saturated heterocycles. The van der Waals surface area contributed by atoms with Crippen molar-refractivity contribution in [2.45, 2.75) is 12.4 Å². The Morgan fingerprint density at radius 1 is 1.00 bits per heavy atom. The van der Waals surface area contributed by atoms with Crippen LogP contribution in [0.25, 0.3) is 0 Å². The van der Waals surface area contributed by atoms with Crippen LogP contribution in [-0.4, -0.2) is 11.5 Å². The van der Waals surface area contributed by atoms with Gasteiger partial charge in [-0.1, -0.05) is 18.2 Å². The fraction of sp³-hybridized carbons (Fsp3) is 0.143. The van der Waals surface area contributed by atoms with Crippen molar-refractivity contribution in [2.75, 3.05) is 0 Å². The Morgan fingerprint density at radius 2 is 1.57 bits per heavy atom. The zero-order valence-corrected chi connectivity index (χ0v) is 12.1. The molecule has 0 bridgehead atoms. The number of ether oxygens (including phenoxy) is 1. The number of phenols is 1. The summed E-state index contributed by atoms with van der Waals surface area (Å²) in [6.07, 6.45) is -4.82. The molecule has 0 aromatic heterocycles. The van der Waals surface area contributed by atoms with E-state index in [1.54, 1.807) is 0 Å². The topological polar surface area (TPSA) is 55.5 Å². The Bertz CT molecular complexity index is 676. The van der Waals surface area contributed by atoms with Gasteiger partial charge in [-0.05, 0) is 23.8 Å². The third-order valence-electron chi connectivity index (χ3n) is 2.91. The highest BCUT2D eigenvalue weighted by Gasteiger charge is 2.31. The minimum Gasteiger partial charge on any atom is -0.505 e. The van der Waals surface area contributed by atoms with Crippen LogP contribution in [-0.2, 0) is 0 Å².